The van der Waals surface area contributed by atoms with Crippen LogP contribution >= 0.6 is 0 Å². The van der Waals surface area contributed by atoms with Gasteiger partial charge in [0.05, 0.1) is 13.2 Å². The van der Waals surface area contributed by atoms with Crippen LogP contribution in [-0.2, 0) is 23.7 Å². The summed E-state index contributed by atoms with van der Waals surface area (Å²) in [5.74, 6) is -0.781. The number of methoxy groups -OCH3 is 2. The molecule has 2 unspecified atom stereocenters. The average molecular weight is 204 g/mol. The molecule has 0 amide bonds. The van der Waals surface area contributed by atoms with Gasteiger partial charge in [-0.25, -0.2) is 0 Å². The molecular formula is C9H16O5. The van der Waals surface area contributed by atoms with Crippen LogP contribution in [0.2, 0.25) is 0 Å². The summed E-state index contributed by atoms with van der Waals surface area (Å²) in [5, 5.41) is 0. The van der Waals surface area contributed by atoms with Crippen molar-refractivity contribution < 1.29 is 23.7 Å². The molecule has 2 rings (SSSR count). The van der Waals surface area contributed by atoms with Crippen LogP contribution in [0.1, 0.15) is 12.8 Å². The summed E-state index contributed by atoms with van der Waals surface area (Å²) in [6, 6.07) is 0. The minimum absolute atomic E-state index is 0.220. The molecule has 0 N–H and O–H groups in total. The zero-order valence-electron chi connectivity index (χ0n) is 8.52. The van der Waals surface area contributed by atoms with E-state index < -0.39 is 12.1 Å². The largest absolute Gasteiger partial charge is 0.356 e. The molecular weight excluding hydrogens is 188 g/mol. The van der Waals surface area contributed by atoms with Gasteiger partial charge in [-0.3, -0.25) is 0 Å². The third kappa shape index (κ3) is 1.66. The second kappa shape index (κ2) is 4.12. The molecule has 0 spiro atoms. The quantitative estimate of drug-likeness (QED) is 0.669. The molecule has 0 aromatic rings. The van der Waals surface area contributed by atoms with Gasteiger partial charge in [-0.2, -0.15) is 0 Å². The molecule has 2 saturated heterocycles. The van der Waals surface area contributed by atoms with Gasteiger partial charge in [0.1, 0.15) is 0 Å². The highest BCUT2D eigenvalue weighted by atomic mass is 16.8. The van der Waals surface area contributed by atoms with Crippen LogP contribution < -0.4 is 0 Å². The van der Waals surface area contributed by atoms with Gasteiger partial charge < -0.3 is 23.7 Å². The fourth-order valence-electron chi connectivity index (χ4n) is 1.86. The first-order chi connectivity index (χ1) is 6.80. The summed E-state index contributed by atoms with van der Waals surface area (Å²) < 4.78 is 26.9. The van der Waals surface area contributed by atoms with Gasteiger partial charge in [0, 0.05) is 27.1 Å². The lowest BCUT2D eigenvalue weighted by molar-refractivity contribution is -0.331. The maximum atomic E-state index is 5.64. The summed E-state index contributed by atoms with van der Waals surface area (Å²) in [7, 11) is 3.22. The number of ether oxygens (including phenoxy) is 5. The molecule has 0 aromatic carbocycles. The van der Waals surface area contributed by atoms with E-state index in [9.17, 15) is 0 Å². The molecule has 82 valence electrons. The molecule has 2 atom stereocenters. The second-order valence-corrected chi connectivity index (χ2v) is 3.41. The first kappa shape index (κ1) is 10.3. The van der Waals surface area contributed by atoms with Crippen molar-refractivity contribution in [1.82, 2.24) is 0 Å². The molecule has 0 aromatic heterocycles. The summed E-state index contributed by atoms with van der Waals surface area (Å²) in [4.78, 5) is 0. The molecule has 0 radical (unpaired) electrons. The molecule has 0 bridgehead atoms. The Balaban J connectivity index is 2.02. The minimum atomic E-state index is -0.781. The molecule has 2 aliphatic heterocycles. The lowest BCUT2D eigenvalue weighted by Gasteiger charge is -2.31. The number of rotatable bonds is 3. The Hall–Kier alpha value is -0.200. The highest BCUT2D eigenvalue weighted by Crippen LogP contribution is 2.37. The van der Waals surface area contributed by atoms with Crippen molar-refractivity contribution in [2.75, 3.05) is 27.4 Å². The van der Waals surface area contributed by atoms with Crippen LogP contribution in [0.3, 0.4) is 0 Å². The summed E-state index contributed by atoms with van der Waals surface area (Å²) in [6.07, 6.45) is 0.885. The molecule has 2 heterocycles. The monoisotopic (exact) mass is 204 g/mol. The van der Waals surface area contributed by atoms with Crippen LogP contribution in [-0.4, -0.2) is 45.8 Å². The topological polar surface area (TPSA) is 46.2 Å². The van der Waals surface area contributed by atoms with E-state index in [1.54, 1.807) is 14.2 Å². The first-order valence-electron chi connectivity index (χ1n) is 4.80. The number of hydrogen-bond acceptors (Lipinski definition) is 5. The highest BCUT2D eigenvalue weighted by molar-refractivity contribution is 4.83. The van der Waals surface area contributed by atoms with E-state index in [0.717, 1.165) is 12.8 Å². The van der Waals surface area contributed by atoms with E-state index in [-0.39, 0.29) is 6.29 Å². The Morgan fingerprint density at radius 2 is 1.93 bits per heavy atom. The first-order valence-corrected chi connectivity index (χ1v) is 4.80. The van der Waals surface area contributed by atoms with E-state index >= 15 is 0 Å². The maximum Gasteiger partial charge on any atom is 0.222 e. The van der Waals surface area contributed by atoms with Crippen molar-refractivity contribution in [3.8, 4) is 0 Å². The summed E-state index contributed by atoms with van der Waals surface area (Å²) in [6.45, 7) is 1.19. The van der Waals surface area contributed by atoms with Crippen molar-refractivity contribution in [3.63, 3.8) is 0 Å². The zero-order chi connectivity index (χ0) is 10.0. The molecule has 5 heteroatoms. The predicted octanol–water partition coefficient (Wildman–Crippen LogP) is 0.485. The van der Waals surface area contributed by atoms with Gasteiger partial charge in [0.15, 0.2) is 6.29 Å². The second-order valence-electron chi connectivity index (χ2n) is 3.41. The van der Waals surface area contributed by atoms with Crippen molar-refractivity contribution in [3.05, 3.63) is 0 Å². The van der Waals surface area contributed by atoms with Crippen LogP contribution in [0.15, 0.2) is 0 Å². The van der Waals surface area contributed by atoms with Gasteiger partial charge in [-0.1, -0.05) is 0 Å². The van der Waals surface area contributed by atoms with E-state index in [4.69, 9.17) is 23.7 Å². The lowest BCUT2D eigenvalue weighted by Crippen LogP contribution is -2.45. The highest BCUT2D eigenvalue weighted by Gasteiger charge is 2.50. The van der Waals surface area contributed by atoms with Gasteiger partial charge >= 0.3 is 0 Å². The third-order valence-corrected chi connectivity index (χ3v) is 2.65. The smallest absolute Gasteiger partial charge is 0.222 e. The third-order valence-electron chi connectivity index (χ3n) is 2.65. The van der Waals surface area contributed by atoms with E-state index in [2.05, 4.69) is 0 Å². The Bertz CT molecular complexity index is 192. The maximum absolute atomic E-state index is 5.64. The van der Waals surface area contributed by atoms with Crippen molar-refractivity contribution in [2.24, 2.45) is 0 Å². The Morgan fingerprint density at radius 1 is 1.21 bits per heavy atom. The molecule has 2 aliphatic rings. The zero-order valence-corrected chi connectivity index (χ0v) is 8.52. The SMILES string of the molecule is COC1CCC(OC)(C2OCCO2)O1. The molecule has 5 nitrogen and oxygen atoms in total. The van der Waals surface area contributed by atoms with Crippen molar-refractivity contribution in [1.29, 1.82) is 0 Å². The normalized spacial score (nSPS) is 39.4. The lowest BCUT2D eigenvalue weighted by atomic mass is 10.2. The molecule has 14 heavy (non-hydrogen) atoms. The van der Waals surface area contributed by atoms with Crippen LogP contribution in [0.5, 0.6) is 0 Å². The van der Waals surface area contributed by atoms with Gasteiger partial charge in [0.2, 0.25) is 12.1 Å². The van der Waals surface area contributed by atoms with Crippen LogP contribution in [0, 0.1) is 0 Å². The van der Waals surface area contributed by atoms with Crippen molar-refractivity contribution >= 4 is 0 Å². The van der Waals surface area contributed by atoms with E-state index in [0.29, 0.717) is 13.2 Å². The summed E-state index contributed by atoms with van der Waals surface area (Å²) in [5.41, 5.74) is 0. The minimum Gasteiger partial charge on any atom is -0.356 e. The van der Waals surface area contributed by atoms with E-state index in [1.807, 2.05) is 0 Å². The Labute approximate surface area is 83.2 Å². The van der Waals surface area contributed by atoms with Crippen LogP contribution in [0.4, 0.5) is 0 Å². The molecule has 0 saturated carbocycles. The fourth-order valence-corrected chi connectivity index (χ4v) is 1.86. The fraction of sp³-hybridized carbons (Fsp3) is 1.00. The molecule has 0 aliphatic carbocycles. The Kier molecular flexibility index (Phi) is 3.04. The van der Waals surface area contributed by atoms with E-state index in [1.165, 1.54) is 0 Å². The average Bonchev–Trinajstić information content (AvgIpc) is 2.87. The van der Waals surface area contributed by atoms with Gasteiger partial charge in [-0.05, 0) is 0 Å². The Morgan fingerprint density at radius 3 is 2.43 bits per heavy atom. The predicted molar refractivity (Wildman–Crippen MR) is 46.5 cm³/mol. The summed E-state index contributed by atoms with van der Waals surface area (Å²) >= 11 is 0. The van der Waals surface area contributed by atoms with Gasteiger partial charge in [0.25, 0.3) is 0 Å². The van der Waals surface area contributed by atoms with Crippen molar-refractivity contribution in [2.45, 2.75) is 31.2 Å². The standard InChI is InChI=1S/C9H16O5/c1-10-7-3-4-9(11-2,14-7)8-12-5-6-13-8/h7-8H,3-6H2,1-2H3. The number of hydrogen-bond donors (Lipinski definition) is 0. The van der Waals surface area contributed by atoms with Crippen LogP contribution in [0.25, 0.3) is 0 Å². The molecule has 2 fully saturated rings. The van der Waals surface area contributed by atoms with Gasteiger partial charge in [-0.15, -0.1) is 0 Å².